The highest BCUT2D eigenvalue weighted by Gasteiger charge is 2.47. The molecule has 0 aromatic rings. The summed E-state index contributed by atoms with van der Waals surface area (Å²) < 4.78 is 27.0. The van der Waals surface area contributed by atoms with Crippen molar-refractivity contribution in [3.05, 3.63) is 70.9 Å². The van der Waals surface area contributed by atoms with Crippen molar-refractivity contribution < 1.29 is 47.8 Å². The summed E-state index contributed by atoms with van der Waals surface area (Å²) in [4.78, 5) is 46.2. The van der Waals surface area contributed by atoms with E-state index in [1.165, 1.54) is 0 Å². The third-order valence-corrected chi connectivity index (χ3v) is 7.30. The summed E-state index contributed by atoms with van der Waals surface area (Å²) in [6, 6.07) is 0. The van der Waals surface area contributed by atoms with Crippen LogP contribution < -0.4 is 0 Å². The molecule has 1 heterocycles. The smallest absolute Gasteiger partial charge is 0.449 e. The summed E-state index contributed by atoms with van der Waals surface area (Å²) in [7, 11) is -4.87. The first-order valence-corrected chi connectivity index (χ1v) is 13.9. The molecule has 214 valence electrons. The number of esters is 1. The standard InChI is InChI=1S/C28H37O10P/c1-7-8-10-17(2)11-9-12-18(3)13-14-20-19(4)23(30)22(15-28(20,5)6)38-39(34,35)36-16-21(29)26-24(31)25(32)27(33)37-26/h7-14,21-22,25-26,29,32H,15-16H2,1-6H3,(H,34,35)/t21-,22?,25?,26+/m0/s1. The third-order valence-electron chi connectivity index (χ3n) is 6.31. The van der Waals surface area contributed by atoms with Crippen LogP contribution in [0.15, 0.2) is 70.9 Å². The molecule has 0 spiro atoms. The number of hydrogen-bond acceptors (Lipinski definition) is 9. The number of phosphoric ester groups is 1. The van der Waals surface area contributed by atoms with Crippen molar-refractivity contribution >= 4 is 25.4 Å². The van der Waals surface area contributed by atoms with E-state index < -0.39 is 61.8 Å². The van der Waals surface area contributed by atoms with Crippen LogP contribution in [0.1, 0.15) is 48.0 Å². The van der Waals surface area contributed by atoms with Crippen LogP contribution in [0, 0.1) is 5.41 Å². The second-order valence-corrected chi connectivity index (χ2v) is 11.5. The molecular weight excluding hydrogens is 527 g/mol. The first-order valence-electron chi connectivity index (χ1n) is 12.4. The van der Waals surface area contributed by atoms with E-state index in [1.54, 1.807) is 6.92 Å². The second-order valence-electron chi connectivity index (χ2n) is 10.1. The Morgan fingerprint density at radius 3 is 2.36 bits per heavy atom. The lowest BCUT2D eigenvalue weighted by Crippen LogP contribution is -2.38. The highest BCUT2D eigenvalue weighted by molar-refractivity contribution is 7.47. The number of carbonyl (C=O) groups is 3. The molecule has 39 heavy (non-hydrogen) atoms. The highest BCUT2D eigenvalue weighted by Crippen LogP contribution is 2.49. The van der Waals surface area contributed by atoms with Gasteiger partial charge >= 0.3 is 13.8 Å². The number of aliphatic hydroxyl groups is 2. The maximum atomic E-state index is 13.0. The van der Waals surface area contributed by atoms with Crippen LogP contribution in [0.3, 0.4) is 0 Å². The van der Waals surface area contributed by atoms with E-state index in [-0.39, 0.29) is 6.42 Å². The first kappa shape index (κ1) is 32.5. The van der Waals surface area contributed by atoms with Crippen LogP contribution in [0.4, 0.5) is 0 Å². The maximum Gasteiger partial charge on any atom is 0.472 e. The Morgan fingerprint density at radius 2 is 1.77 bits per heavy atom. The van der Waals surface area contributed by atoms with Gasteiger partial charge in [-0.15, -0.1) is 0 Å². The van der Waals surface area contributed by atoms with Gasteiger partial charge in [0, 0.05) is 0 Å². The number of aliphatic hydroxyl groups excluding tert-OH is 2. The number of rotatable bonds is 11. The fourth-order valence-corrected chi connectivity index (χ4v) is 5.04. The Morgan fingerprint density at radius 1 is 1.15 bits per heavy atom. The normalized spacial score (nSPS) is 27.2. The quantitative estimate of drug-likeness (QED) is 0.147. The molecule has 1 fully saturated rings. The zero-order valence-corrected chi connectivity index (χ0v) is 23.9. The zero-order valence-electron chi connectivity index (χ0n) is 23.0. The van der Waals surface area contributed by atoms with E-state index >= 15 is 0 Å². The summed E-state index contributed by atoms with van der Waals surface area (Å²) in [5, 5.41) is 19.4. The Labute approximate surface area is 228 Å². The van der Waals surface area contributed by atoms with Crippen LogP contribution in [0.5, 0.6) is 0 Å². The molecule has 5 atom stereocenters. The van der Waals surface area contributed by atoms with Gasteiger partial charge in [-0.05, 0) is 50.7 Å². The van der Waals surface area contributed by atoms with Gasteiger partial charge in [-0.3, -0.25) is 18.6 Å². The molecule has 0 aromatic heterocycles. The SMILES string of the molecule is CC=CC=C(C)C=CC=C(C)C=CC1=C(C)C(=O)C(OP(=O)(O)OC[C@H](O)[C@H]2OC(=O)C(O)C2=O)CC1(C)C. The van der Waals surface area contributed by atoms with E-state index in [0.29, 0.717) is 5.57 Å². The number of ketones is 2. The van der Waals surface area contributed by atoms with E-state index in [2.05, 4.69) is 4.74 Å². The summed E-state index contributed by atoms with van der Waals surface area (Å²) >= 11 is 0. The zero-order chi connectivity index (χ0) is 29.5. The molecule has 0 saturated carbocycles. The molecule has 1 aliphatic heterocycles. The summed E-state index contributed by atoms with van der Waals surface area (Å²) in [5.74, 6) is -2.81. The van der Waals surface area contributed by atoms with Gasteiger partial charge in [-0.1, -0.05) is 73.6 Å². The minimum atomic E-state index is -4.87. The summed E-state index contributed by atoms with van der Waals surface area (Å²) in [5.41, 5.74) is 2.59. The van der Waals surface area contributed by atoms with Gasteiger partial charge in [0.25, 0.3) is 0 Å². The fourth-order valence-electron chi connectivity index (χ4n) is 4.15. The van der Waals surface area contributed by atoms with Gasteiger partial charge in [0.1, 0.15) is 12.2 Å². The maximum absolute atomic E-state index is 13.0. The molecule has 2 aliphatic rings. The monoisotopic (exact) mass is 564 g/mol. The fraction of sp³-hybridized carbons (Fsp3) is 0.464. The van der Waals surface area contributed by atoms with Crippen molar-refractivity contribution in [3.8, 4) is 0 Å². The van der Waals surface area contributed by atoms with Crippen LogP contribution in [0.25, 0.3) is 0 Å². The second kappa shape index (κ2) is 13.6. The molecule has 1 saturated heterocycles. The Bertz CT molecular complexity index is 1200. The van der Waals surface area contributed by atoms with Crippen LogP contribution in [-0.2, 0) is 32.7 Å². The molecule has 3 unspecified atom stereocenters. The predicted octanol–water partition coefficient (Wildman–Crippen LogP) is 3.60. The van der Waals surface area contributed by atoms with Gasteiger partial charge in [0.2, 0.25) is 11.9 Å². The van der Waals surface area contributed by atoms with Crippen molar-refractivity contribution in [1.29, 1.82) is 0 Å². The number of carbonyl (C=O) groups excluding carboxylic acids is 3. The minimum Gasteiger partial charge on any atom is -0.449 e. The van der Waals surface area contributed by atoms with Crippen LogP contribution >= 0.6 is 7.82 Å². The summed E-state index contributed by atoms with van der Waals surface area (Å²) in [6.07, 6.45) is 8.70. The van der Waals surface area contributed by atoms with Crippen molar-refractivity contribution in [2.75, 3.05) is 6.61 Å². The molecule has 0 bridgehead atoms. The van der Waals surface area contributed by atoms with E-state index in [9.17, 15) is 34.1 Å². The van der Waals surface area contributed by atoms with E-state index in [1.807, 2.05) is 83.2 Å². The van der Waals surface area contributed by atoms with Gasteiger partial charge in [-0.2, -0.15) is 0 Å². The molecule has 3 N–H and O–H groups in total. The molecule has 10 nitrogen and oxygen atoms in total. The summed E-state index contributed by atoms with van der Waals surface area (Å²) in [6.45, 7) is 10.3. The lowest BCUT2D eigenvalue weighted by atomic mass is 9.71. The van der Waals surface area contributed by atoms with Crippen LogP contribution in [-0.4, -0.2) is 63.7 Å². The number of ether oxygens (including phenoxy) is 1. The third kappa shape index (κ3) is 8.89. The number of Topliss-reactive ketones (excluding diaryl/α,β-unsaturated/α-hetero) is 2. The lowest BCUT2D eigenvalue weighted by molar-refractivity contribution is -0.151. The highest BCUT2D eigenvalue weighted by atomic mass is 31.2. The van der Waals surface area contributed by atoms with Gasteiger partial charge in [0.15, 0.2) is 11.9 Å². The number of phosphoric acid groups is 1. The average molecular weight is 565 g/mol. The molecule has 0 aromatic carbocycles. The van der Waals surface area contributed by atoms with E-state index in [0.717, 1.165) is 16.7 Å². The molecular formula is C28H37O10P. The number of allylic oxidation sites excluding steroid dienone is 11. The molecule has 0 radical (unpaired) electrons. The average Bonchev–Trinajstić information content (AvgIpc) is 3.11. The minimum absolute atomic E-state index is 0.0851. The first-order chi connectivity index (χ1) is 18.1. The molecule has 1 aliphatic carbocycles. The van der Waals surface area contributed by atoms with Gasteiger partial charge < -0.3 is 19.8 Å². The molecule has 0 amide bonds. The van der Waals surface area contributed by atoms with Crippen molar-refractivity contribution in [2.45, 2.75) is 72.4 Å². The largest absolute Gasteiger partial charge is 0.472 e. The van der Waals surface area contributed by atoms with Gasteiger partial charge in [-0.25, -0.2) is 9.36 Å². The Balaban J connectivity index is 2.08. The molecule has 2 rings (SSSR count). The van der Waals surface area contributed by atoms with Gasteiger partial charge in [0.05, 0.1) is 6.61 Å². The predicted molar refractivity (Wildman–Crippen MR) is 144 cm³/mol. The van der Waals surface area contributed by atoms with Crippen molar-refractivity contribution in [1.82, 2.24) is 0 Å². The molecule has 11 heteroatoms. The number of hydrogen-bond donors (Lipinski definition) is 3. The topological polar surface area (TPSA) is 157 Å². The number of cyclic esters (lactones) is 1. The van der Waals surface area contributed by atoms with E-state index in [4.69, 9.17) is 9.05 Å². The Kier molecular flexibility index (Phi) is 11.3. The lowest BCUT2D eigenvalue weighted by Gasteiger charge is -2.36. The van der Waals surface area contributed by atoms with Crippen molar-refractivity contribution in [2.24, 2.45) is 5.41 Å². The van der Waals surface area contributed by atoms with Crippen LogP contribution in [0.2, 0.25) is 0 Å². The van der Waals surface area contributed by atoms with Crippen molar-refractivity contribution in [3.63, 3.8) is 0 Å². The Hall–Kier alpha value is -2.72.